The number of rotatable bonds is 4. The molecule has 2 aromatic rings. The van der Waals surface area contributed by atoms with Gasteiger partial charge in [0.25, 0.3) is 10.0 Å². The fourth-order valence-electron chi connectivity index (χ4n) is 1.40. The van der Waals surface area contributed by atoms with Crippen LogP contribution >= 0.6 is 0 Å². The number of benzene rings is 1. The number of sulfonamides is 1. The van der Waals surface area contributed by atoms with Gasteiger partial charge < -0.3 is 5.73 Å². The molecule has 8 heteroatoms. The highest BCUT2D eigenvalue weighted by molar-refractivity contribution is 7.92. The molecule has 1 heterocycles. The van der Waals surface area contributed by atoms with E-state index < -0.39 is 10.0 Å². The molecule has 0 aliphatic carbocycles. The number of nitrogens with one attached hydrogen (secondary N) is 3. The summed E-state index contributed by atoms with van der Waals surface area (Å²) >= 11 is 0. The van der Waals surface area contributed by atoms with Gasteiger partial charge in [-0.1, -0.05) is 12.1 Å². The van der Waals surface area contributed by atoms with Crippen molar-refractivity contribution in [1.82, 2.24) is 10.2 Å². The number of H-pyrrole nitrogens is 1. The highest BCUT2D eigenvalue weighted by atomic mass is 32.2. The maximum atomic E-state index is 12.0. The van der Waals surface area contributed by atoms with E-state index in [-0.39, 0.29) is 16.4 Å². The van der Waals surface area contributed by atoms with E-state index in [1.54, 1.807) is 18.2 Å². The van der Waals surface area contributed by atoms with E-state index in [1.165, 1.54) is 18.5 Å². The molecule has 0 spiro atoms. The molecule has 0 bridgehead atoms. The first-order valence-electron chi connectivity index (χ1n) is 4.96. The maximum absolute atomic E-state index is 12.0. The number of anilines is 1. The van der Waals surface area contributed by atoms with Gasteiger partial charge in [-0.25, -0.2) is 8.42 Å². The Morgan fingerprint density at radius 3 is 2.72 bits per heavy atom. The molecule has 5 N–H and O–H groups in total. The van der Waals surface area contributed by atoms with Gasteiger partial charge in [-0.05, 0) is 12.1 Å². The van der Waals surface area contributed by atoms with Gasteiger partial charge in [0.15, 0.2) is 0 Å². The van der Waals surface area contributed by atoms with Crippen LogP contribution in [0.1, 0.15) is 5.56 Å². The smallest absolute Gasteiger partial charge is 0.265 e. The Labute approximate surface area is 104 Å². The molecule has 0 saturated carbocycles. The van der Waals surface area contributed by atoms with Crippen LogP contribution in [0, 0.1) is 5.41 Å². The van der Waals surface area contributed by atoms with Crippen molar-refractivity contribution in [2.24, 2.45) is 5.73 Å². The van der Waals surface area contributed by atoms with E-state index in [0.29, 0.717) is 5.56 Å². The summed E-state index contributed by atoms with van der Waals surface area (Å²) in [7, 11) is -3.72. The lowest BCUT2D eigenvalue weighted by Gasteiger charge is -2.10. The third-order valence-corrected chi connectivity index (χ3v) is 3.58. The lowest BCUT2D eigenvalue weighted by molar-refractivity contribution is 0.601. The molecule has 0 aliphatic heterocycles. The number of amidine groups is 1. The maximum Gasteiger partial charge on any atom is 0.265 e. The fourth-order valence-corrected chi connectivity index (χ4v) is 2.38. The summed E-state index contributed by atoms with van der Waals surface area (Å²) < 4.78 is 26.3. The second-order valence-corrected chi connectivity index (χ2v) is 5.18. The topological polar surface area (TPSA) is 125 Å². The Kier molecular flexibility index (Phi) is 3.02. The van der Waals surface area contributed by atoms with E-state index >= 15 is 0 Å². The van der Waals surface area contributed by atoms with Crippen molar-refractivity contribution in [3.63, 3.8) is 0 Å². The first kappa shape index (κ1) is 12.1. The largest absolute Gasteiger partial charge is 0.384 e. The van der Waals surface area contributed by atoms with Gasteiger partial charge in [-0.2, -0.15) is 5.10 Å². The molecule has 1 aromatic heterocycles. The molecule has 0 atom stereocenters. The van der Waals surface area contributed by atoms with Crippen molar-refractivity contribution in [2.45, 2.75) is 4.90 Å². The zero-order valence-corrected chi connectivity index (χ0v) is 10.0. The number of nitrogens with two attached hydrogens (primary N) is 1. The van der Waals surface area contributed by atoms with E-state index in [0.717, 1.165) is 0 Å². The summed E-state index contributed by atoms with van der Waals surface area (Å²) in [4.78, 5) is 0.0147. The standard InChI is InChI=1S/C10H11N5O2S/c11-10(12)8-3-1-2-4-9(8)15-18(16,17)7-5-13-14-6-7/h1-6,15H,(H3,11,12)(H,13,14). The molecule has 0 saturated heterocycles. The van der Waals surface area contributed by atoms with Gasteiger partial charge in [0, 0.05) is 11.8 Å². The quantitative estimate of drug-likeness (QED) is 0.474. The number of hydrogen-bond donors (Lipinski definition) is 4. The van der Waals surface area contributed by atoms with Crippen LogP contribution < -0.4 is 10.5 Å². The highest BCUT2D eigenvalue weighted by Crippen LogP contribution is 2.18. The zero-order chi connectivity index (χ0) is 13.2. The van der Waals surface area contributed by atoms with Crippen LogP contribution in [0.25, 0.3) is 0 Å². The van der Waals surface area contributed by atoms with E-state index in [4.69, 9.17) is 11.1 Å². The summed E-state index contributed by atoms with van der Waals surface area (Å²) in [6.45, 7) is 0. The molecule has 0 fully saturated rings. The molecule has 94 valence electrons. The van der Waals surface area contributed by atoms with E-state index in [9.17, 15) is 8.42 Å². The first-order chi connectivity index (χ1) is 8.50. The van der Waals surface area contributed by atoms with Crippen LogP contribution in [0.15, 0.2) is 41.6 Å². The SMILES string of the molecule is N=C(N)c1ccccc1NS(=O)(=O)c1cn[nH]c1. The number of nitrogens with zero attached hydrogens (tertiary/aromatic N) is 1. The van der Waals surface area contributed by atoms with Crippen LogP contribution in [-0.2, 0) is 10.0 Å². The van der Waals surface area contributed by atoms with Crippen LogP contribution in [0.2, 0.25) is 0 Å². The molecular weight excluding hydrogens is 254 g/mol. The lowest BCUT2D eigenvalue weighted by Crippen LogP contribution is -2.18. The normalized spacial score (nSPS) is 11.1. The Morgan fingerprint density at radius 1 is 1.39 bits per heavy atom. The molecule has 1 aromatic carbocycles. The summed E-state index contributed by atoms with van der Waals surface area (Å²) in [5, 5.41) is 13.4. The minimum absolute atomic E-state index is 0.0147. The van der Waals surface area contributed by atoms with Crippen molar-refractivity contribution in [2.75, 3.05) is 4.72 Å². The average Bonchev–Trinajstić information content (AvgIpc) is 2.83. The second kappa shape index (κ2) is 4.49. The highest BCUT2D eigenvalue weighted by Gasteiger charge is 2.17. The Balaban J connectivity index is 2.39. The fraction of sp³-hybridized carbons (Fsp3) is 0. The second-order valence-electron chi connectivity index (χ2n) is 3.50. The average molecular weight is 265 g/mol. The third kappa shape index (κ3) is 2.33. The summed E-state index contributed by atoms with van der Waals surface area (Å²) in [5.41, 5.74) is 5.96. The Hall–Kier alpha value is -2.35. The van der Waals surface area contributed by atoms with Gasteiger partial charge in [0.2, 0.25) is 0 Å². The van der Waals surface area contributed by atoms with Crippen LogP contribution in [0.4, 0.5) is 5.69 Å². The molecule has 0 aliphatic rings. The van der Waals surface area contributed by atoms with Crippen LogP contribution in [0.5, 0.6) is 0 Å². The lowest BCUT2D eigenvalue weighted by atomic mass is 10.2. The minimum atomic E-state index is -3.72. The summed E-state index contributed by atoms with van der Waals surface area (Å²) in [5.74, 6) is -0.208. The first-order valence-corrected chi connectivity index (χ1v) is 6.44. The van der Waals surface area contributed by atoms with Crippen molar-refractivity contribution < 1.29 is 8.42 Å². The number of aromatic nitrogens is 2. The molecule has 7 nitrogen and oxygen atoms in total. The van der Waals surface area contributed by atoms with Gasteiger partial charge in [-0.3, -0.25) is 15.2 Å². The summed E-state index contributed by atoms with van der Waals surface area (Å²) in [6, 6.07) is 6.43. The minimum Gasteiger partial charge on any atom is -0.384 e. The predicted octanol–water partition coefficient (Wildman–Crippen LogP) is 0.495. The number of hydrogen-bond acceptors (Lipinski definition) is 4. The van der Waals surface area contributed by atoms with Gasteiger partial charge >= 0.3 is 0 Å². The molecule has 0 radical (unpaired) electrons. The molecule has 0 unspecified atom stereocenters. The Morgan fingerprint density at radius 2 is 2.11 bits per heavy atom. The number of aromatic amines is 1. The molecular formula is C10H11N5O2S. The zero-order valence-electron chi connectivity index (χ0n) is 9.21. The Bertz CT molecular complexity index is 663. The molecule has 18 heavy (non-hydrogen) atoms. The number of nitrogen functional groups attached to an aromatic ring is 1. The van der Waals surface area contributed by atoms with Crippen LogP contribution in [-0.4, -0.2) is 24.5 Å². The van der Waals surface area contributed by atoms with Crippen molar-refractivity contribution >= 4 is 21.5 Å². The van der Waals surface area contributed by atoms with Gasteiger partial charge in [0.1, 0.15) is 10.7 Å². The van der Waals surface area contributed by atoms with Crippen LogP contribution in [0.3, 0.4) is 0 Å². The van der Waals surface area contributed by atoms with Crippen molar-refractivity contribution in [3.8, 4) is 0 Å². The van der Waals surface area contributed by atoms with Crippen molar-refractivity contribution in [3.05, 3.63) is 42.2 Å². The van der Waals surface area contributed by atoms with E-state index in [1.807, 2.05) is 0 Å². The van der Waals surface area contributed by atoms with E-state index in [2.05, 4.69) is 14.9 Å². The van der Waals surface area contributed by atoms with Gasteiger partial charge in [0.05, 0.1) is 11.9 Å². The molecule has 0 amide bonds. The monoisotopic (exact) mass is 265 g/mol. The number of para-hydroxylation sites is 1. The van der Waals surface area contributed by atoms with Crippen molar-refractivity contribution in [1.29, 1.82) is 5.41 Å². The third-order valence-electron chi connectivity index (χ3n) is 2.24. The summed E-state index contributed by atoms with van der Waals surface area (Å²) in [6.07, 6.45) is 2.46. The van der Waals surface area contributed by atoms with Gasteiger partial charge in [-0.15, -0.1) is 0 Å². The molecule has 2 rings (SSSR count). The predicted molar refractivity (Wildman–Crippen MR) is 66.9 cm³/mol.